The average molecular weight is 365 g/mol. The molecule has 3 rings (SSSR count). The minimum atomic E-state index is -0.443. The zero-order valence-electron chi connectivity index (χ0n) is 14.1. The number of hydrogen-bond donors (Lipinski definition) is 2. The van der Waals surface area contributed by atoms with E-state index in [2.05, 4.69) is 10.3 Å². The van der Waals surface area contributed by atoms with Crippen molar-refractivity contribution in [3.63, 3.8) is 0 Å². The van der Waals surface area contributed by atoms with Crippen molar-refractivity contribution < 1.29 is 9.59 Å². The van der Waals surface area contributed by atoms with E-state index >= 15 is 0 Å². The molecule has 5 nitrogen and oxygen atoms in total. The fraction of sp³-hybridized carbons (Fsp3) is 0.150. The predicted octanol–water partition coefficient (Wildman–Crippen LogP) is 3.33. The lowest BCUT2D eigenvalue weighted by atomic mass is 9.88. The van der Waals surface area contributed by atoms with Crippen LogP contribution in [0.25, 0.3) is 0 Å². The lowest BCUT2D eigenvalue weighted by molar-refractivity contribution is -0.117. The Bertz CT molecular complexity index is 839. The Balaban J connectivity index is 1.73. The lowest BCUT2D eigenvalue weighted by Gasteiger charge is -2.17. The van der Waals surface area contributed by atoms with Gasteiger partial charge in [-0.2, -0.15) is 0 Å². The molecule has 1 aromatic heterocycles. The summed E-state index contributed by atoms with van der Waals surface area (Å²) in [6.07, 6.45) is 0.377. The Morgan fingerprint density at radius 3 is 2.12 bits per heavy atom. The van der Waals surface area contributed by atoms with Gasteiger partial charge < -0.3 is 11.1 Å². The molecule has 0 bridgehead atoms. The third-order valence-electron chi connectivity index (χ3n) is 3.95. The first-order valence-electron chi connectivity index (χ1n) is 8.24. The number of nitrogens with one attached hydrogen (secondary N) is 1. The lowest BCUT2D eigenvalue weighted by Crippen LogP contribution is -2.17. The summed E-state index contributed by atoms with van der Waals surface area (Å²) in [6.45, 7) is 0. The van der Waals surface area contributed by atoms with Gasteiger partial charge in [0, 0.05) is 17.7 Å². The summed E-state index contributed by atoms with van der Waals surface area (Å²) in [5.74, 6) is -0.605. The molecule has 6 heteroatoms. The molecule has 0 aliphatic rings. The number of aromatic nitrogens is 1. The molecular weight excluding hydrogens is 346 g/mol. The highest BCUT2D eigenvalue weighted by Crippen LogP contribution is 2.28. The number of amides is 2. The third-order valence-corrected chi connectivity index (χ3v) is 4.75. The number of nitrogens with two attached hydrogens (primary N) is 1. The first-order valence-corrected chi connectivity index (χ1v) is 9.12. The number of primary amides is 1. The van der Waals surface area contributed by atoms with E-state index in [0.717, 1.165) is 11.1 Å². The van der Waals surface area contributed by atoms with Crippen LogP contribution in [0.5, 0.6) is 0 Å². The molecule has 3 aromatic rings. The molecule has 1 heterocycles. The molecular formula is C20H19N3O2S. The topological polar surface area (TPSA) is 85.1 Å². The van der Waals surface area contributed by atoms with E-state index in [-0.39, 0.29) is 18.2 Å². The zero-order chi connectivity index (χ0) is 18.4. The molecule has 2 amide bonds. The van der Waals surface area contributed by atoms with E-state index in [0.29, 0.717) is 17.2 Å². The van der Waals surface area contributed by atoms with Crippen LogP contribution in [0.4, 0.5) is 5.13 Å². The number of carbonyl (C=O) groups excluding carboxylic acids is 2. The van der Waals surface area contributed by atoms with Gasteiger partial charge in [0.25, 0.3) is 0 Å². The quantitative estimate of drug-likeness (QED) is 0.673. The van der Waals surface area contributed by atoms with E-state index < -0.39 is 5.91 Å². The van der Waals surface area contributed by atoms with E-state index in [4.69, 9.17) is 5.73 Å². The van der Waals surface area contributed by atoms with Gasteiger partial charge in [-0.15, -0.1) is 11.3 Å². The maximum Gasteiger partial charge on any atom is 0.227 e. The van der Waals surface area contributed by atoms with Crippen LogP contribution in [0.15, 0.2) is 66.0 Å². The minimum Gasteiger partial charge on any atom is -0.369 e. The van der Waals surface area contributed by atoms with Gasteiger partial charge in [-0.1, -0.05) is 60.7 Å². The minimum absolute atomic E-state index is 0.0394. The molecule has 0 unspecified atom stereocenters. The molecule has 0 aliphatic carbocycles. The zero-order valence-corrected chi connectivity index (χ0v) is 14.9. The van der Waals surface area contributed by atoms with Gasteiger partial charge in [-0.3, -0.25) is 9.59 Å². The molecule has 132 valence electrons. The van der Waals surface area contributed by atoms with Crippen LogP contribution in [0.2, 0.25) is 0 Å². The van der Waals surface area contributed by atoms with Gasteiger partial charge in [-0.25, -0.2) is 4.98 Å². The number of thiazole rings is 1. The molecule has 26 heavy (non-hydrogen) atoms. The highest BCUT2D eigenvalue weighted by Gasteiger charge is 2.19. The molecule has 0 saturated carbocycles. The number of rotatable bonds is 7. The van der Waals surface area contributed by atoms with E-state index in [1.54, 1.807) is 5.38 Å². The van der Waals surface area contributed by atoms with E-state index in [1.807, 2.05) is 60.7 Å². The van der Waals surface area contributed by atoms with Crippen molar-refractivity contribution in [2.75, 3.05) is 5.32 Å². The first-order chi connectivity index (χ1) is 12.6. The summed E-state index contributed by atoms with van der Waals surface area (Å²) in [6, 6.07) is 19.9. The summed E-state index contributed by atoms with van der Waals surface area (Å²) in [4.78, 5) is 27.8. The summed E-state index contributed by atoms with van der Waals surface area (Å²) in [7, 11) is 0. The maximum atomic E-state index is 12.6. The highest BCUT2D eigenvalue weighted by molar-refractivity contribution is 7.13. The van der Waals surface area contributed by atoms with E-state index in [1.165, 1.54) is 11.3 Å². The standard InChI is InChI=1S/C20H19N3O2S/c21-18(24)11-16-13-26-20(22-16)23-19(25)12-17(14-7-3-1-4-8-14)15-9-5-2-6-10-15/h1-10,13,17H,11-12H2,(H2,21,24)(H,22,23,25). The number of anilines is 1. The second kappa shape index (κ2) is 8.40. The molecule has 0 saturated heterocycles. The van der Waals surface area contributed by atoms with Crippen LogP contribution in [-0.2, 0) is 16.0 Å². The fourth-order valence-corrected chi connectivity index (χ4v) is 3.51. The SMILES string of the molecule is NC(=O)Cc1csc(NC(=O)CC(c2ccccc2)c2ccccc2)n1. The molecule has 0 aliphatic heterocycles. The molecule has 3 N–H and O–H groups in total. The van der Waals surface area contributed by atoms with Crippen LogP contribution in [-0.4, -0.2) is 16.8 Å². The summed E-state index contributed by atoms with van der Waals surface area (Å²) in [5.41, 5.74) is 7.91. The maximum absolute atomic E-state index is 12.6. The molecule has 0 fully saturated rings. The van der Waals surface area contributed by atoms with Crippen molar-refractivity contribution in [1.82, 2.24) is 4.98 Å². The number of hydrogen-bond acceptors (Lipinski definition) is 4. The average Bonchev–Trinajstić information content (AvgIpc) is 3.07. The van der Waals surface area contributed by atoms with Crippen LogP contribution in [0.1, 0.15) is 29.2 Å². The van der Waals surface area contributed by atoms with Gasteiger partial charge in [0.2, 0.25) is 11.8 Å². The molecule has 0 radical (unpaired) electrons. The number of benzene rings is 2. The highest BCUT2D eigenvalue weighted by atomic mass is 32.1. The molecule has 0 spiro atoms. The summed E-state index contributed by atoms with van der Waals surface area (Å²) >= 11 is 1.29. The van der Waals surface area contributed by atoms with Crippen molar-refractivity contribution in [2.24, 2.45) is 5.73 Å². The Morgan fingerprint density at radius 2 is 1.58 bits per heavy atom. The van der Waals surface area contributed by atoms with Crippen molar-refractivity contribution >= 4 is 28.3 Å². The third kappa shape index (κ3) is 4.77. The largest absolute Gasteiger partial charge is 0.369 e. The van der Waals surface area contributed by atoms with Crippen molar-refractivity contribution in [1.29, 1.82) is 0 Å². The number of nitrogens with zero attached hydrogens (tertiary/aromatic N) is 1. The van der Waals surface area contributed by atoms with Crippen LogP contribution in [0, 0.1) is 0 Å². The predicted molar refractivity (Wildman–Crippen MR) is 103 cm³/mol. The van der Waals surface area contributed by atoms with Crippen molar-refractivity contribution in [3.8, 4) is 0 Å². The van der Waals surface area contributed by atoms with Gasteiger partial charge in [-0.05, 0) is 11.1 Å². The van der Waals surface area contributed by atoms with Gasteiger partial charge in [0.05, 0.1) is 12.1 Å². The Hall–Kier alpha value is -2.99. The monoisotopic (exact) mass is 365 g/mol. The second-order valence-corrected chi connectivity index (χ2v) is 6.77. The van der Waals surface area contributed by atoms with Crippen LogP contribution in [0.3, 0.4) is 0 Å². The smallest absolute Gasteiger partial charge is 0.227 e. The van der Waals surface area contributed by atoms with Crippen molar-refractivity contribution in [2.45, 2.75) is 18.8 Å². The molecule has 2 aromatic carbocycles. The summed E-state index contributed by atoms with van der Waals surface area (Å²) in [5, 5.41) is 5.03. The van der Waals surface area contributed by atoms with Crippen molar-refractivity contribution in [3.05, 3.63) is 82.9 Å². The van der Waals surface area contributed by atoms with Gasteiger partial charge in [0.1, 0.15) is 0 Å². The van der Waals surface area contributed by atoms with E-state index in [9.17, 15) is 9.59 Å². The molecule has 0 atom stereocenters. The first kappa shape index (κ1) is 17.8. The van der Waals surface area contributed by atoms with Crippen LogP contribution >= 0.6 is 11.3 Å². The Kier molecular flexibility index (Phi) is 5.76. The van der Waals surface area contributed by atoms with Gasteiger partial charge in [0.15, 0.2) is 5.13 Å². The second-order valence-electron chi connectivity index (χ2n) is 5.91. The van der Waals surface area contributed by atoms with Crippen LogP contribution < -0.4 is 11.1 Å². The summed E-state index contributed by atoms with van der Waals surface area (Å²) < 4.78 is 0. The Labute approximate surface area is 155 Å². The van der Waals surface area contributed by atoms with Gasteiger partial charge >= 0.3 is 0 Å². The fourth-order valence-electron chi connectivity index (χ4n) is 2.78. The Morgan fingerprint density at radius 1 is 1.00 bits per heavy atom. The number of carbonyl (C=O) groups is 2. The normalized spacial score (nSPS) is 10.7.